The average Bonchev–Trinajstić information content (AvgIpc) is 2.65. The van der Waals surface area contributed by atoms with E-state index < -0.39 is 0 Å². The summed E-state index contributed by atoms with van der Waals surface area (Å²) in [6, 6.07) is 5.60. The van der Waals surface area contributed by atoms with Crippen molar-refractivity contribution in [2.45, 2.75) is 19.8 Å². The molecule has 0 atom stereocenters. The van der Waals surface area contributed by atoms with Gasteiger partial charge < -0.3 is 9.15 Å². The van der Waals surface area contributed by atoms with Crippen molar-refractivity contribution in [2.75, 3.05) is 7.11 Å². The lowest BCUT2D eigenvalue weighted by Crippen LogP contribution is -1.90. The van der Waals surface area contributed by atoms with Gasteiger partial charge in [0, 0.05) is 17.0 Å². The first-order valence-electron chi connectivity index (χ1n) is 5.23. The van der Waals surface area contributed by atoms with Crippen LogP contribution >= 0.6 is 0 Å². The molecule has 0 fully saturated rings. The first-order valence-corrected chi connectivity index (χ1v) is 5.23. The van der Waals surface area contributed by atoms with Gasteiger partial charge >= 0.3 is 0 Å². The van der Waals surface area contributed by atoms with Crippen LogP contribution in [-0.4, -0.2) is 13.4 Å². The summed E-state index contributed by atoms with van der Waals surface area (Å²) in [6.07, 6.45) is 0.766. The van der Waals surface area contributed by atoms with Crippen molar-refractivity contribution >= 4 is 17.3 Å². The van der Waals surface area contributed by atoms with E-state index in [2.05, 4.69) is 0 Å². The molecule has 0 amide bonds. The molecule has 0 radical (unpaired) electrons. The van der Waals surface area contributed by atoms with Crippen molar-refractivity contribution in [1.82, 2.24) is 0 Å². The molecule has 3 nitrogen and oxygen atoms in total. The molecule has 16 heavy (non-hydrogen) atoms. The summed E-state index contributed by atoms with van der Waals surface area (Å²) in [4.78, 5) is 10.9. The summed E-state index contributed by atoms with van der Waals surface area (Å²) in [5, 5.41) is 0.984. The molecule has 0 aliphatic carbocycles. The van der Waals surface area contributed by atoms with Gasteiger partial charge in [0.25, 0.3) is 0 Å². The maximum Gasteiger partial charge on any atom is 0.185 e. The molecule has 0 unspecified atom stereocenters. The molecule has 1 aromatic carbocycles. The number of fused-ring (bicyclic) bond motifs is 1. The quantitative estimate of drug-likeness (QED) is 0.741. The zero-order valence-electron chi connectivity index (χ0n) is 9.61. The van der Waals surface area contributed by atoms with E-state index in [1.807, 2.05) is 26.0 Å². The average molecular weight is 218 g/mol. The molecule has 2 rings (SSSR count). The Morgan fingerprint density at radius 2 is 2.12 bits per heavy atom. The summed E-state index contributed by atoms with van der Waals surface area (Å²) in [5.74, 6) is 1.40. The van der Waals surface area contributed by atoms with E-state index in [1.54, 1.807) is 13.2 Å². The van der Waals surface area contributed by atoms with E-state index in [0.717, 1.165) is 23.0 Å². The summed E-state index contributed by atoms with van der Waals surface area (Å²) >= 11 is 0. The van der Waals surface area contributed by atoms with Crippen LogP contribution in [0.3, 0.4) is 0 Å². The largest absolute Gasteiger partial charge is 0.497 e. The highest BCUT2D eigenvalue weighted by molar-refractivity contribution is 5.90. The number of hydrogen-bond donors (Lipinski definition) is 0. The Morgan fingerprint density at radius 3 is 2.69 bits per heavy atom. The Labute approximate surface area is 94.0 Å². The van der Waals surface area contributed by atoms with Gasteiger partial charge in [-0.1, -0.05) is 13.8 Å². The lowest BCUT2D eigenvalue weighted by atomic mass is 10.00. The van der Waals surface area contributed by atoms with Gasteiger partial charge in [-0.05, 0) is 18.1 Å². The molecule has 0 saturated heterocycles. The third-order valence-electron chi connectivity index (χ3n) is 2.65. The maximum atomic E-state index is 10.9. The lowest BCUT2D eigenvalue weighted by molar-refractivity contribution is 0.110. The van der Waals surface area contributed by atoms with Gasteiger partial charge in [-0.2, -0.15) is 0 Å². The minimum atomic E-state index is 0.259. The van der Waals surface area contributed by atoms with Crippen LogP contribution in [0.25, 0.3) is 11.0 Å². The van der Waals surface area contributed by atoms with E-state index >= 15 is 0 Å². The SMILES string of the molecule is COc1ccc2c(C(C)C)c(C=O)oc2c1. The summed E-state index contributed by atoms with van der Waals surface area (Å²) in [6.45, 7) is 4.09. The second kappa shape index (κ2) is 4.00. The lowest BCUT2D eigenvalue weighted by Gasteiger charge is -2.03. The predicted octanol–water partition coefficient (Wildman–Crippen LogP) is 3.38. The number of ether oxygens (including phenoxy) is 1. The molecule has 0 aliphatic heterocycles. The number of carbonyl (C=O) groups is 1. The van der Waals surface area contributed by atoms with E-state index in [-0.39, 0.29) is 5.92 Å². The summed E-state index contributed by atoms with van der Waals surface area (Å²) in [7, 11) is 1.61. The second-order valence-corrected chi connectivity index (χ2v) is 4.01. The molecule has 1 aromatic heterocycles. The summed E-state index contributed by atoms with van der Waals surface area (Å²) < 4.78 is 10.6. The highest BCUT2D eigenvalue weighted by atomic mass is 16.5. The van der Waals surface area contributed by atoms with E-state index in [9.17, 15) is 4.79 Å². The minimum absolute atomic E-state index is 0.259. The zero-order chi connectivity index (χ0) is 11.7. The van der Waals surface area contributed by atoms with Crippen LogP contribution in [-0.2, 0) is 0 Å². The fraction of sp³-hybridized carbons (Fsp3) is 0.308. The normalized spacial score (nSPS) is 11.0. The third-order valence-corrected chi connectivity index (χ3v) is 2.65. The number of rotatable bonds is 3. The van der Waals surface area contributed by atoms with Crippen LogP contribution in [0.1, 0.15) is 35.9 Å². The van der Waals surface area contributed by atoms with Gasteiger partial charge in [0.1, 0.15) is 11.3 Å². The Balaban J connectivity index is 2.72. The number of aldehydes is 1. The number of furan rings is 1. The van der Waals surface area contributed by atoms with Crippen molar-refractivity contribution in [3.8, 4) is 5.75 Å². The van der Waals surface area contributed by atoms with Gasteiger partial charge in [-0.25, -0.2) is 0 Å². The molecule has 84 valence electrons. The topological polar surface area (TPSA) is 39.4 Å². The Kier molecular flexibility index (Phi) is 2.69. The molecular weight excluding hydrogens is 204 g/mol. The van der Waals surface area contributed by atoms with E-state index in [0.29, 0.717) is 11.3 Å². The van der Waals surface area contributed by atoms with Gasteiger partial charge in [0.15, 0.2) is 12.0 Å². The zero-order valence-corrected chi connectivity index (χ0v) is 9.61. The predicted molar refractivity (Wildman–Crippen MR) is 62.2 cm³/mol. The van der Waals surface area contributed by atoms with Gasteiger partial charge in [-0.15, -0.1) is 0 Å². The van der Waals surface area contributed by atoms with Crippen LogP contribution in [0.5, 0.6) is 5.75 Å². The van der Waals surface area contributed by atoms with Crippen molar-refractivity contribution in [3.05, 3.63) is 29.5 Å². The first kappa shape index (κ1) is 10.7. The van der Waals surface area contributed by atoms with Crippen LogP contribution in [0.4, 0.5) is 0 Å². The number of hydrogen-bond acceptors (Lipinski definition) is 3. The molecule has 2 aromatic rings. The number of benzene rings is 1. The van der Waals surface area contributed by atoms with Gasteiger partial charge in [-0.3, -0.25) is 4.79 Å². The van der Waals surface area contributed by atoms with Crippen molar-refractivity contribution < 1.29 is 13.9 Å². The van der Waals surface area contributed by atoms with Gasteiger partial charge in [0.2, 0.25) is 0 Å². The van der Waals surface area contributed by atoms with Crippen molar-refractivity contribution in [1.29, 1.82) is 0 Å². The van der Waals surface area contributed by atoms with Crippen LogP contribution in [0.2, 0.25) is 0 Å². The van der Waals surface area contributed by atoms with Crippen molar-refractivity contribution in [2.24, 2.45) is 0 Å². The van der Waals surface area contributed by atoms with Crippen LogP contribution in [0, 0.1) is 0 Å². The molecule has 0 spiro atoms. The summed E-state index contributed by atoms with van der Waals surface area (Å²) in [5.41, 5.74) is 1.66. The van der Waals surface area contributed by atoms with Crippen molar-refractivity contribution in [3.63, 3.8) is 0 Å². The molecule has 0 bridgehead atoms. The smallest absolute Gasteiger partial charge is 0.185 e. The molecule has 0 N–H and O–H groups in total. The van der Waals surface area contributed by atoms with Crippen LogP contribution < -0.4 is 4.74 Å². The van der Waals surface area contributed by atoms with Gasteiger partial charge in [0.05, 0.1) is 7.11 Å². The van der Waals surface area contributed by atoms with Crippen LogP contribution in [0.15, 0.2) is 22.6 Å². The molecule has 0 aliphatic rings. The molecule has 3 heteroatoms. The van der Waals surface area contributed by atoms with E-state index in [1.165, 1.54) is 0 Å². The molecular formula is C13H14O3. The Hall–Kier alpha value is -1.77. The Bertz CT molecular complexity index is 523. The number of methoxy groups -OCH3 is 1. The first-order chi connectivity index (χ1) is 7.67. The molecule has 0 saturated carbocycles. The highest BCUT2D eigenvalue weighted by Gasteiger charge is 2.16. The van der Waals surface area contributed by atoms with E-state index in [4.69, 9.17) is 9.15 Å². The molecule has 1 heterocycles. The minimum Gasteiger partial charge on any atom is -0.497 e. The third kappa shape index (κ3) is 1.58. The standard InChI is InChI=1S/C13H14O3/c1-8(2)13-10-5-4-9(15-3)6-11(10)16-12(13)7-14/h4-8H,1-3H3. The fourth-order valence-electron chi connectivity index (χ4n) is 1.93. The second-order valence-electron chi connectivity index (χ2n) is 4.01. The monoisotopic (exact) mass is 218 g/mol. The maximum absolute atomic E-state index is 10.9. The Morgan fingerprint density at radius 1 is 1.38 bits per heavy atom. The number of carbonyl (C=O) groups excluding carboxylic acids is 1. The highest BCUT2D eigenvalue weighted by Crippen LogP contribution is 2.32. The fourth-order valence-corrected chi connectivity index (χ4v) is 1.93.